The minimum absolute atomic E-state index is 0.174. The van der Waals surface area contributed by atoms with Crippen LogP contribution < -0.4 is 9.47 Å². The second kappa shape index (κ2) is 9.11. The highest BCUT2D eigenvalue weighted by Gasteiger charge is 2.13. The van der Waals surface area contributed by atoms with Gasteiger partial charge in [0, 0.05) is 22.2 Å². The molecule has 0 aliphatic carbocycles. The molecule has 0 unspecified atom stereocenters. The highest BCUT2D eigenvalue weighted by Crippen LogP contribution is 2.30. The van der Waals surface area contributed by atoms with Gasteiger partial charge in [-0.3, -0.25) is 0 Å². The van der Waals surface area contributed by atoms with Gasteiger partial charge in [-0.15, -0.1) is 0 Å². The summed E-state index contributed by atoms with van der Waals surface area (Å²) in [5.74, 6) is 0.107. The molecule has 3 aromatic carbocycles. The van der Waals surface area contributed by atoms with Crippen LogP contribution in [0.4, 0.5) is 0 Å². The Morgan fingerprint density at radius 1 is 1.04 bits per heavy atom. The Balaban J connectivity index is 1.98. The number of carboxylic acid groups (broad SMARTS) is 1. The maximum Gasteiger partial charge on any atom is 0.336 e. The molecule has 0 aromatic heterocycles. The van der Waals surface area contributed by atoms with E-state index in [0.717, 1.165) is 5.56 Å². The van der Waals surface area contributed by atoms with Crippen LogP contribution >= 0.6 is 11.6 Å². The number of methoxy groups -OCH3 is 1. The van der Waals surface area contributed by atoms with Crippen LogP contribution in [0, 0.1) is 0 Å². The van der Waals surface area contributed by atoms with E-state index < -0.39 is 5.97 Å². The van der Waals surface area contributed by atoms with Crippen molar-refractivity contribution in [1.82, 2.24) is 0 Å². The first-order valence-corrected chi connectivity index (χ1v) is 9.01. The minimum atomic E-state index is -1.01. The number of benzene rings is 3. The summed E-state index contributed by atoms with van der Waals surface area (Å²) < 4.78 is 11.2. The fourth-order valence-corrected chi connectivity index (χ4v) is 2.89. The van der Waals surface area contributed by atoms with Gasteiger partial charge >= 0.3 is 5.97 Å². The summed E-state index contributed by atoms with van der Waals surface area (Å²) in [6.45, 7) is 0.251. The van der Waals surface area contributed by atoms with Gasteiger partial charge in [0.05, 0.1) is 12.7 Å². The van der Waals surface area contributed by atoms with Gasteiger partial charge in [0.25, 0.3) is 0 Å². The Bertz CT molecular complexity index is 996. The topological polar surface area (TPSA) is 55.8 Å². The van der Waals surface area contributed by atoms with Crippen molar-refractivity contribution in [1.29, 1.82) is 0 Å². The summed E-state index contributed by atoms with van der Waals surface area (Å²) in [7, 11) is 1.56. The van der Waals surface area contributed by atoms with Crippen molar-refractivity contribution in [3.8, 4) is 11.5 Å². The third-order valence-electron chi connectivity index (χ3n) is 4.18. The molecule has 0 spiro atoms. The Labute approximate surface area is 168 Å². The van der Waals surface area contributed by atoms with Gasteiger partial charge in [-0.25, -0.2) is 4.79 Å². The highest BCUT2D eigenvalue weighted by atomic mass is 35.5. The fraction of sp³-hybridized carbons (Fsp3) is 0.0870. The molecule has 0 fully saturated rings. The van der Waals surface area contributed by atoms with E-state index in [2.05, 4.69) is 0 Å². The molecule has 4 nitrogen and oxygen atoms in total. The van der Waals surface area contributed by atoms with Gasteiger partial charge in [0.15, 0.2) is 0 Å². The molecule has 1 N–H and O–H groups in total. The molecule has 0 aliphatic heterocycles. The van der Waals surface area contributed by atoms with E-state index in [1.807, 2.05) is 24.3 Å². The monoisotopic (exact) mass is 394 g/mol. The lowest BCUT2D eigenvalue weighted by atomic mass is 10.0. The van der Waals surface area contributed by atoms with Crippen molar-refractivity contribution in [3.63, 3.8) is 0 Å². The average molecular weight is 395 g/mol. The van der Waals surface area contributed by atoms with Crippen LogP contribution in [-0.4, -0.2) is 18.2 Å². The zero-order valence-corrected chi connectivity index (χ0v) is 16.0. The fourth-order valence-electron chi connectivity index (χ4n) is 2.70. The molecule has 0 atom stereocenters. The number of aliphatic carboxylic acids is 1. The van der Waals surface area contributed by atoms with E-state index in [0.29, 0.717) is 27.6 Å². The smallest absolute Gasteiger partial charge is 0.336 e. The van der Waals surface area contributed by atoms with Crippen LogP contribution in [0.25, 0.3) is 11.6 Å². The van der Waals surface area contributed by atoms with Crippen LogP contribution in [0.2, 0.25) is 5.02 Å². The zero-order valence-electron chi connectivity index (χ0n) is 15.3. The SMILES string of the molecule is COc1ccc(/C=C(\C(=O)O)c2ccccc2)c(OCc2ccccc2Cl)c1. The quantitative estimate of drug-likeness (QED) is 0.421. The lowest BCUT2D eigenvalue weighted by Crippen LogP contribution is -2.01. The minimum Gasteiger partial charge on any atom is -0.497 e. The molecule has 0 bridgehead atoms. The predicted octanol–water partition coefficient (Wildman–Crippen LogP) is 5.55. The third kappa shape index (κ3) is 4.72. The van der Waals surface area contributed by atoms with Crippen LogP contribution in [0.1, 0.15) is 16.7 Å². The zero-order chi connectivity index (χ0) is 19.9. The number of carboxylic acids is 1. The number of halogens is 1. The van der Waals surface area contributed by atoms with Gasteiger partial charge < -0.3 is 14.6 Å². The van der Waals surface area contributed by atoms with Gasteiger partial charge in [-0.1, -0.05) is 60.1 Å². The molecule has 142 valence electrons. The lowest BCUT2D eigenvalue weighted by Gasteiger charge is -2.13. The van der Waals surface area contributed by atoms with Gasteiger partial charge in [0.1, 0.15) is 18.1 Å². The molecular formula is C23H19ClO4. The summed E-state index contributed by atoms with van der Waals surface area (Å²) in [4.78, 5) is 11.8. The van der Waals surface area contributed by atoms with Crippen molar-refractivity contribution in [2.75, 3.05) is 7.11 Å². The molecule has 5 heteroatoms. The molecule has 0 saturated heterocycles. The number of ether oxygens (including phenoxy) is 2. The van der Waals surface area contributed by atoms with Crippen molar-refractivity contribution in [2.45, 2.75) is 6.61 Å². The highest BCUT2D eigenvalue weighted by molar-refractivity contribution is 6.31. The summed E-state index contributed by atoms with van der Waals surface area (Å²) in [5.41, 5.74) is 2.26. The van der Waals surface area contributed by atoms with Crippen LogP contribution in [0.3, 0.4) is 0 Å². The predicted molar refractivity (Wildman–Crippen MR) is 111 cm³/mol. The molecule has 0 aliphatic rings. The van der Waals surface area contributed by atoms with Crippen molar-refractivity contribution in [2.24, 2.45) is 0 Å². The summed E-state index contributed by atoms with van der Waals surface area (Å²) >= 11 is 6.20. The number of carbonyl (C=O) groups is 1. The summed E-state index contributed by atoms with van der Waals surface area (Å²) in [5, 5.41) is 10.3. The number of hydrogen-bond donors (Lipinski definition) is 1. The van der Waals surface area contributed by atoms with E-state index in [1.54, 1.807) is 61.7 Å². The Hall–Kier alpha value is -3.24. The standard InChI is InChI=1S/C23H19ClO4/c1-27-19-12-11-17(13-20(23(25)26)16-7-3-2-4-8-16)22(14-19)28-15-18-9-5-6-10-21(18)24/h2-14H,15H2,1H3,(H,25,26)/b20-13-. The molecule has 0 radical (unpaired) electrons. The molecule has 0 heterocycles. The molecule has 3 rings (SSSR count). The van der Waals surface area contributed by atoms with E-state index in [9.17, 15) is 9.90 Å². The average Bonchev–Trinajstić information content (AvgIpc) is 2.72. The molecule has 0 saturated carbocycles. The Morgan fingerprint density at radius 3 is 2.43 bits per heavy atom. The Morgan fingerprint density at radius 2 is 1.75 bits per heavy atom. The van der Waals surface area contributed by atoms with Gasteiger partial charge in [-0.05, 0) is 29.8 Å². The number of rotatable bonds is 7. The van der Waals surface area contributed by atoms with Crippen LogP contribution in [0.5, 0.6) is 11.5 Å². The summed E-state index contributed by atoms with van der Waals surface area (Å²) in [6, 6.07) is 21.6. The maximum atomic E-state index is 11.8. The third-order valence-corrected chi connectivity index (χ3v) is 4.55. The maximum absolute atomic E-state index is 11.8. The lowest BCUT2D eigenvalue weighted by molar-refractivity contribution is -0.130. The van der Waals surface area contributed by atoms with Crippen LogP contribution in [0.15, 0.2) is 72.8 Å². The largest absolute Gasteiger partial charge is 0.497 e. The van der Waals surface area contributed by atoms with E-state index in [4.69, 9.17) is 21.1 Å². The second-order valence-corrected chi connectivity index (χ2v) is 6.42. The van der Waals surface area contributed by atoms with E-state index >= 15 is 0 Å². The summed E-state index contributed by atoms with van der Waals surface area (Å²) in [6.07, 6.45) is 1.60. The molecule has 28 heavy (non-hydrogen) atoms. The van der Waals surface area contributed by atoms with Crippen molar-refractivity contribution < 1.29 is 19.4 Å². The molecule has 0 amide bonds. The van der Waals surface area contributed by atoms with Gasteiger partial charge in [0.2, 0.25) is 0 Å². The normalized spacial score (nSPS) is 11.1. The molecular weight excluding hydrogens is 376 g/mol. The second-order valence-electron chi connectivity index (χ2n) is 6.01. The first-order valence-electron chi connectivity index (χ1n) is 8.63. The van der Waals surface area contributed by atoms with E-state index in [-0.39, 0.29) is 12.2 Å². The van der Waals surface area contributed by atoms with E-state index in [1.165, 1.54) is 0 Å². The molecule has 3 aromatic rings. The van der Waals surface area contributed by atoms with Gasteiger partial charge in [-0.2, -0.15) is 0 Å². The first-order chi connectivity index (χ1) is 13.6. The number of hydrogen-bond acceptors (Lipinski definition) is 3. The first kappa shape index (κ1) is 19.5. The van der Waals surface area contributed by atoms with Crippen LogP contribution in [-0.2, 0) is 11.4 Å². The Kier molecular flexibility index (Phi) is 6.35. The van der Waals surface area contributed by atoms with Crippen molar-refractivity contribution in [3.05, 3.63) is 94.5 Å². The van der Waals surface area contributed by atoms with Crippen molar-refractivity contribution >= 4 is 29.2 Å².